The van der Waals surface area contributed by atoms with E-state index >= 15 is 0 Å². The molecule has 2 aromatic carbocycles. The van der Waals surface area contributed by atoms with Gasteiger partial charge in [-0.2, -0.15) is 0 Å². The van der Waals surface area contributed by atoms with E-state index in [1.807, 2.05) is 42.5 Å². The molecule has 1 amide bonds. The molecule has 2 heterocycles. The summed E-state index contributed by atoms with van der Waals surface area (Å²) in [6.45, 7) is 3.13. The van der Waals surface area contributed by atoms with Crippen molar-refractivity contribution >= 4 is 11.6 Å². The third-order valence-corrected chi connectivity index (χ3v) is 5.68. The van der Waals surface area contributed by atoms with Gasteiger partial charge in [-0.1, -0.05) is 30.3 Å². The molecule has 2 aromatic rings. The van der Waals surface area contributed by atoms with Crippen molar-refractivity contribution in [2.24, 2.45) is 0 Å². The molecular formula is C22H26N2O2. The summed E-state index contributed by atoms with van der Waals surface area (Å²) < 4.78 is 0. The number of carbonyl (C=O) groups excluding carboxylic acids is 1. The Morgan fingerprint density at radius 2 is 1.58 bits per heavy atom. The predicted octanol–water partition coefficient (Wildman–Crippen LogP) is 3.41. The van der Waals surface area contributed by atoms with Crippen LogP contribution in [0.4, 0.5) is 5.69 Å². The van der Waals surface area contributed by atoms with Crippen molar-refractivity contribution in [3.63, 3.8) is 0 Å². The van der Waals surface area contributed by atoms with Gasteiger partial charge in [-0.15, -0.1) is 0 Å². The lowest BCUT2D eigenvalue weighted by molar-refractivity contribution is 0.0417. The first-order valence-corrected chi connectivity index (χ1v) is 9.58. The second kappa shape index (κ2) is 7.12. The Kier molecular flexibility index (Phi) is 4.68. The molecule has 0 aliphatic carbocycles. The lowest BCUT2D eigenvalue weighted by Crippen LogP contribution is -2.34. The van der Waals surface area contributed by atoms with Gasteiger partial charge in [0.1, 0.15) is 5.60 Å². The normalized spacial score (nSPS) is 23.3. The summed E-state index contributed by atoms with van der Waals surface area (Å²) in [6.07, 6.45) is 4.38. The summed E-state index contributed by atoms with van der Waals surface area (Å²) in [5.74, 6) is 0.00190. The zero-order chi connectivity index (χ0) is 18.0. The van der Waals surface area contributed by atoms with Crippen molar-refractivity contribution < 1.29 is 9.90 Å². The number of benzene rings is 2. The summed E-state index contributed by atoms with van der Waals surface area (Å²) >= 11 is 0. The number of amides is 1. The molecule has 0 radical (unpaired) electrons. The van der Waals surface area contributed by atoms with Gasteiger partial charge >= 0.3 is 0 Å². The van der Waals surface area contributed by atoms with Crippen molar-refractivity contribution in [3.8, 4) is 0 Å². The highest BCUT2D eigenvalue weighted by atomic mass is 16.3. The van der Waals surface area contributed by atoms with E-state index in [1.165, 1.54) is 24.9 Å². The number of nitrogens with zero attached hydrogens (tertiary/aromatic N) is 2. The monoisotopic (exact) mass is 350 g/mol. The number of hydrogen-bond donors (Lipinski definition) is 1. The number of piperidine rings is 1. The minimum Gasteiger partial charge on any atom is -0.383 e. The largest absolute Gasteiger partial charge is 0.383 e. The smallest absolute Gasteiger partial charge is 0.253 e. The van der Waals surface area contributed by atoms with Crippen LogP contribution in [0.1, 0.15) is 41.6 Å². The van der Waals surface area contributed by atoms with E-state index in [2.05, 4.69) is 17.0 Å². The number of anilines is 1. The van der Waals surface area contributed by atoms with Crippen LogP contribution in [-0.2, 0) is 5.60 Å². The molecule has 4 nitrogen and oxygen atoms in total. The summed E-state index contributed by atoms with van der Waals surface area (Å²) in [5, 5.41) is 10.9. The van der Waals surface area contributed by atoms with Crippen LogP contribution < -0.4 is 4.90 Å². The molecule has 2 aliphatic heterocycles. The number of rotatable bonds is 3. The highest BCUT2D eigenvalue weighted by Gasteiger charge is 2.39. The molecule has 136 valence electrons. The minimum atomic E-state index is -0.940. The lowest BCUT2D eigenvalue weighted by Gasteiger charge is -2.29. The fourth-order valence-electron chi connectivity index (χ4n) is 4.10. The molecule has 1 atom stereocenters. The Morgan fingerprint density at radius 3 is 2.27 bits per heavy atom. The fourth-order valence-corrected chi connectivity index (χ4v) is 4.10. The van der Waals surface area contributed by atoms with Crippen LogP contribution in [0, 0.1) is 0 Å². The topological polar surface area (TPSA) is 43.8 Å². The highest BCUT2D eigenvalue weighted by Crippen LogP contribution is 2.32. The van der Waals surface area contributed by atoms with Crippen molar-refractivity contribution in [1.82, 2.24) is 4.90 Å². The molecule has 0 unspecified atom stereocenters. The molecule has 1 N–H and O–H groups in total. The molecule has 26 heavy (non-hydrogen) atoms. The van der Waals surface area contributed by atoms with E-state index in [4.69, 9.17) is 0 Å². The Bertz CT molecular complexity index is 753. The number of likely N-dealkylation sites (tertiary alicyclic amines) is 1. The maximum atomic E-state index is 12.9. The van der Waals surface area contributed by atoms with Crippen molar-refractivity contribution in [2.45, 2.75) is 31.3 Å². The van der Waals surface area contributed by atoms with Crippen LogP contribution in [0.3, 0.4) is 0 Å². The lowest BCUT2D eigenvalue weighted by atomic mass is 9.93. The van der Waals surface area contributed by atoms with Gasteiger partial charge in [0.05, 0.1) is 6.54 Å². The van der Waals surface area contributed by atoms with Gasteiger partial charge in [0.25, 0.3) is 5.91 Å². The van der Waals surface area contributed by atoms with Crippen molar-refractivity contribution in [3.05, 3.63) is 65.7 Å². The molecule has 2 saturated heterocycles. The third-order valence-electron chi connectivity index (χ3n) is 5.68. The number of carbonyl (C=O) groups is 1. The maximum absolute atomic E-state index is 12.9. The number of aliphatic hydroxyl groups is 1. The Balaban J connectivity index is 1.45. The number of hydrogen-bond acceptors (Lipinski definition) is 3. The molecule has 0 spiro atoms. The first-order chi connectivity index (χ1) is 12.7. The average Bonchev–Trinajstić information content (AvgIpc) is 3.12. The Morgan fingerprint density at radius 1 is 0.885 bits per heavy atom. The van der Waals surface area contributed by atoms with E-state index in [0.717, 1.165) is 18.7 Å². The molecule has 0 saturated carbocycles. The van der Waals surface area contributed by atoms with Crippen LogP contribution in [0.15, 0.2) is 54.6 Å². The summed E-state index contributed by atoms with van der Waals surface area (Å²) in [5.41, 5.74) is 1.84. The van der Waals surface area contributed by atoms with Gasteiger partial charge in [0.15, 0.2) is 0 Å². The van der Waals surface area contributed by atoms with Gasteiger partial charge in [-0.3, -0.25) is 4.79 Å². The van der Waals surface area contributed by atoms with E-state index < -0.39 is 5.60 Å². The van der Waals surface area contributed by atoms with Crippen LogP contribution in [-0.4, -0.2) is 42.1 Å². The van der Waals surface area contributed by atoms with E-state index in [-0.39, 0.29) is 5.91 Å². The highest BCUT2D eigenvalue weighted by molar-refractivity contribution is 5.94. The first-order valence-electron chi connectivity index (χ1n) is 9.58. The summed E-state index contributed by atoms with van der Waals surface area (Å²) in [7, 11) is 0. The molecule has 4 rings (SSSR count). The first kappa shape index (κ1) is 17.1. The molecule has 2 aliphatic rings. The van der Waals surface area contributed by atoms with Crippen LogP contribution in [0.25, 0.3) is 0 Å². The van der Waals surface area contributed by atoms with Crippen molar-refractivity contribution in [1.29, 1.82) is 0 Å². The van der Waals surface area contributed by atoms with Gasteiger partial charge in [0.2, 0.25) is 0 Å². The van der Waals surface area contributed by atoms with Gasteiger partial charge in [0, 0.05) is 30.9 Å². The van der Waals surface area contributed by atoms with Gasteiger partial charge in [-0.25, -0.2) is 0 Å². The van der Waals surface area contributed by atoms with E-state index in [0.29, 0.717) is 25.1 Å². The van der Waals surface area contributed by atoms with Gasteiger partial charge in [-0.05, 0) is 55.5 Å². The third kappa shape index (κ3) is 3.34. The second-order valence-corrected chi connectivity index (χ2v) is 7.47. The zero-order valence-electron chi connectivity index (χ0n) is 15.1. The summed E-state index contributed by atoms with van der Waals surface area (Å²) in [6, 6.07) is 17.6. The Labute approximate surface area is 155 Å². The van der Waals surface area contributed by atoms with Crippen LogP contribution >= 0.6 is 0 Å². The van der Waals surface area contributed by atoms with Crippen LogP contribution in [0.5, 0.6) is 0 Å². The van der Waals surface area contributed by atoms with E-state index in [9.17, 15) is 9.90 Å². The van der Waals surface area contributed by atoms with Crippen molar-refractivity contribution in [2.75, 3.05) is 31.1 Å². The average molecular weight is 350 g/mol. The molecular weight excluding hydrogens is 324 g/mol. The zero-order valence-corrected chi connectivity index (χ0v) is 15.1. The standard InChI is InChI=1S/C22H26N2O2/c25-21(18-9-11-20(12-10-18)23-14-5-2-6-15-23)24-16-13-22(26,17-24)19-7-3-1-4-8-19/h1,3-4,7-12,26H,2,5-6,13-17H2/t22-/m1/s1. The van der Waals surface area contributed by atoms with E-state index in [1.54, 1.807) is 4.90 Å². The number of β-amino-alcohol motifs (C(OH)–C–C–N with tert-alkyl or cyclic N) is 1. The predicted molar refractivity (Wildman–Crippen MR) is 103 cm³/mol. The van der Waals surface area contributed by atoms with Crippen LogP contribution in [0.2, 0.25) is 0 Å². The SMILES string of the molecule is O=C(c1ccc(N2CCCCC2)cc1)N1CC[C@](O)(c2ccccc2)C1. The summed E-state index contributed by atoms with van der Waals surface area (Å²) in [4.78, 5) is 17.0. The minimum absolute atomic E-state index is 0.00190. The molecule has 2 fully saturated rings. The second-order valence-electron chi connectivity index (χ2n) is 7.47. The Hall–Kier alpha value is -2.33. The molecule has 4 heteroatoms. The fraction of sp³-hybridized carbons (Fsp3) is 0.409. The molecule has 0 bridgehead atoms. The van der Waals surface area contributed by atoms with Gasteiger partial charge < -0.3 is 14.9 Å². The quantitative estimate of drug-likeness (QED) is 0.922. The maximum Gasteiger partial charge on any atom is 0.253 e. The molecule has 0 aromatic heterocycles.